The molecule has 12 heteroatoms. The molecule has 1 aromatic rings. The van der Waals surface area contributed by atoms with Crippen LogP contribution in [0.4, 0.5) is 0 Å². The van der Waals surface area contributed by atoms with Crippen molar-refractivity contribution in [2.24, 2.45) is 44.9 Å². The molecule has 0 radical (unpaired) electrons. The maximum atomic E-state index is 13.4. The highest BCUT2D eigenvalue weighted by molar-refractivity contribution is 6.22. The zero-order valence-electron chi connectivity index (χ0n) is 15.4. The second kappa shape index (κ2) is 5.15. The molecule has 5 aliphatic rings. The summed E-state index contributed by atoms with van der Waals surface area (Å²) in [5.74, 6) is -0.441. The molecular weight excluding hydrogens is 398 g/mol. The van der Waals surface area contributed by atoms with Gasteiger partial charge in [0.25, 0.3) is 5.91 Å². The van der Waals surface area contributed by atoms with Gasteiger partial charge in [0, 0.05) is 18.7 Å². The Balaban J connectivity index is 1.60. The number of fused-ring (bicyclic) bond motifs is 4. The average molecular weight is 420 g/mol. The van der Waals surface area contributed by atoms with Gasteiger partial charge in [0.05, 0.1) is 5.38 Å². The monoisotopic (exact) mass is 419 g/mol. The number of hydrogen-bond acceptors (Lipinski definition) is 9. The van der Waals surface area contributed by atoms with Crippen molar-refractivity contribution in [3.05, 3.63) is 24.0 Å². The third kappa shape index (κ3) is 1.68. The van der Waals surface area contributed by atoms with Crippen LogP contribution < -0.4 is 27.8 Å². The van der Waals surface area contributed by atoms with Crippen LogP contribution in [0.1, 0.15) is 16.7 Å². The van der Waals surface area contributed by atoms with Crippen molar-refractivity contribution in [3.63, 3.8) is 0 Å². The number of carbonyl (C=O) groups is 1. The molecule has 154 valence electrons. The number of nitrogens with zero attached hydrogens (tertiary/aromatic N) is 4. The maximum absolute atomic E-state index is 13.4. The van der Waals surface area contributed by atoms with Crippen LogP contribution in [0.2, 0.25) is 0 Å². The number of guanidine groups is 2. The van der Waals surface area contributed by atoms with Crippen molar-refractivity contribution in [3.8, 4) is 0 Å². The van der Waals surface area contributed by atoms with Gasteiger partial charge in [-0.3, -0.25) is 4.79 Å². The number of carbonyl (C=O) groups excluding carboxylic acids is 1. The number of hydrogen-bond donors (Lipinski definition) is 6. The van der Waals surface area contributed by atoms with Crippen molar-refractivity contribution in [2.75, 3.05) is 13.1 Å². The topological polar surface area (TPSA) is 172 Å². The molecule has 5 heterocycles. The highest BCUT2D eigenvalue weighted by atomic mass is 35.5. The van der Waals surface area contributed by atoms with Gasteiger partial charge in [-0.25, -0.2) is 9.98 Å². The van der Waals surface area contributed by atoms with Crippen molar-refractivity contribution < 1.29 is 9.90 Å². The van der Waals surface area contributed by atoms with E-state index in [2.05, 4.69) is 20.6 Å². The predicted molar refractivity (Wildman–Crippen MR) is 105 cm³/mol. The first-order valence-corrected chi connectivity index (χ1v) is 10.0. The molecular formula is C17H22ClN9O2. The lowest BCUT2D eigenvalue weighted by Gasteiger charge is -2.51. The minimum atomic E-state index is -1.19. The first-order valence-electron chi connectivity index (χ1n) is 9.60. The number of halogens is 1. The third-order valence-corrected chi connectivity index (χ3v) is 8.12. The SMILES string of the molecule is NC[C@@H]1C(Cl)[C@]2(NC(N)=N[C@@H]2O)[C@H]2[C@@H]1CN1C(=O)c3cccn3[C@H]3N=C(N)NC321. The lowest BCUT2D eigenvalue weighted by atomic mass is 9.73. The fraction of sp³-hybridized carbons (Fsp3) is 0.588. The molecule has 11 nitrogen and oxygen atoms in total. The number of aliphatic imine (C=N–C) groups is 2. The molecule has 29 heavy (non-hydrogen) atoms. The predicted octanol–water partition coefficient (Wildman–Crippen LogP) is -2.53. The minimum Gasteiger partial charge on any atom is -0.370 e. The van der Waals surface area contributed by atoms with Crippen molar-refractivity contribution in [1.29, 1.82) is 0 Å². The molecule has 1 amide bonds. The van der Waals surface area contributed by atoms with Gasteiger partial charge in [0.1, 0.15) is 11.2 Å². The highest BCUT2D eigenvalue weighted by Gasteiger charge is 2.79. The van der Waals surface area contributed by atoms with Crippen LogP contribution in [0.3, 0.4) is 0 Å². The fourth-order valence-corrected chi connectivity index (χ4v) is 7.13. The minimum absolute atomic E-state index is 0.101. The second-order valence-corrected chi connectivity index (χ2v) is 8.91. The van der Waals surface area contributed by atoms with Crippen LogP contribution in [-0.4, -0.2) is 68.3 Å². The zero-order valence-corrected chi connectivity index (χ0v) is 16.1. The van der Waals surface area contributed by atoms with Crippen molar-refractivity contribution in [2.45, 2.75) is 29.0 Å². The number of alkyl halides is 1. The van der Waals surface area contributed by atoms with E-state index in [-0.39, 0.29) is 35.6 Å². The summed E-state index contributed by atoms with van der Waals surface area (Å²) in [7, 11) is 0. The summed E-state index contributed by atoms with van der Waals surface area (Å²) in [6.45, 7) is 0.721. The molecule has 2 fully saturated rings. The van der Waals surface area contributed by atoms with E-state index < -0.39 is 29.0 Å². The fourth-order valence-electron chi connectivity index (χ4n) is 6.54. The number of aromatic nitrogens is 1. The largest absolute Gasteiger partial charge is 0.370 e. The summed E-state index contributed by atoms with van der Waals surface area (Å²) in [5.41, 5.74) is 16.6. The van der Waals surface area contributed by atoms with E-state index in [9.17, 15) is 9.90 Å². The van der Waals surface area contributed by atoms with Gasteiger partial charge in [0.15, 0.2) is 30.0 Å². The van der Waals surface area contributed by atoms with E-state index in [1.165, 1.54) is 0 Å². The van der Waals surface area contributed by atoms with Crippen LogP contribution in [0.15, 0.2) is 28.3 Å². The number of aliphatic hydroxyl groups is 1. The van der Waals surface area contributed by atoms with E-state index in [1.54, 1.807) is 11.0 Å². The summed E-state index contributed by atoms with van der Waals surface area (Å²) in [6.07, 6.45) is 0.125. The quantitative estimate of drug-likeness (QED) is 0.272. The van der Waals surface area contributed by atoms with Crippen LogP contribution in [0, 0.1) is 17.8 Å². The van der Waals surface area contributed by atoms with Gasteiger partial charge >= 0.3 is 0 Å². The lowest BCUT2D eigenvalue weighted by molar-refractivity contribution is -0.0269. The molecule has 1 saturated carbocycles. The van der Waals surface area contributed by atoms with Crippen LogP contribution >= 0.6 is 11.6 Å². The molecule has 0 aromatic carbocycles. The van der Waals surface area contributed by atoms with Crippen molar-refractivity contribution in [1.82, 2.24) is 20.1 Å². The van der Waals surface area contributed by atoms with E-state index in [0.717, 1.165) is 0 Å². The molecule has 2 unspecified atom stereocenters. The Morgan fingerprint density at radius 1 is 1.31 bits per heavy atom. The molecule has 8 atom stereocenters. The van der Waals surface area contributed by atoms with E-state index in [0.29, 0.717) is 18.8 Å². The highest BCUT2D eigenvalue weighted by Crippen LogP contribution is 2.63. The molecule has 0 bridgehead atoms. The Morgan fingerprint density at radius 2 is 2.07 bits per heavy atom. The molecule has 6 rings (SSSR count). The van der Waals surface area contributed by atoms with Gasteiger partial charge in [-0.15, -0.1) is 11.6 Å². The maximum Gasteiger partial charge on any atom is 0.272 e. The summed E-state index contributed by atoms with van der Waals surface area (Å²) >= 11 is 6.94. The van der Waals surface area contributed by atoms with Crippen LogP contribution in [0.25, 0.3) is 0 Å². The third-order valence-electron chi connectivity index (χ3n) is 7.43. The Kier molecular flexibility index (Phi) is 3.09. The molecule has 1 aliphatic carbocycles. The van der Waals surface area contributed by atoms with E-state index in [4.69, 9.17) is 28.8 Å². The van der Waals surface area contributed by atoms with E-state index in [1.807, 2.05) is 16.8 Å². The average Bonchev–Trinajstić information content (AvgIpc) is 3.42. The summed E-state index contributed by atoms with van der Waals surface area (Å²) in [5, 5.41) is 16.9. The van der Waals surface area contributed by atoms with Crippen LogP contribution in [0.5, 0.6) is 0 Å². The van der Waals surface area contributed by atoms with Gasteiger partial charge < -0.3 is 42.4 Å². The number of aliphatic hydroxyl groups excluding tert-OH is 1. The number of amides is 1. The number of rotatable bonds is 1. The molecule has 1 saturated heterocycles. The van der Waals surface area contributed by atoms with Gasteiger partial charge in [-0.1, -0.05) is 0 Å². The molecule has 1 aromatic heterocycles. The summed E-state index contributed by atoms with van der Waals surface area (Å²) in [6, 6.07) is 3.58. The Bertz CT molecular complexity index is 993. The van der Waals surface area contributed by atoms with E-state index >= 15 is 0 Å². The first kappa shape index (κ1) is 17.4. The van der Waals surface area contributed by atoms with Gasteiger partial charge in [-0.2, -0.15) is 0 Å². The van der Waals surface area contributed by atoms with Crippen molar-refractivity contribution >= 4 is 29.4 Å². The molecule has 2 spiro atoms. The first-order chi connectivity index (χ1) is 13.9. The Hall–Kier alpha value is -2.50. The second-order valence-electron chi connectivity index (χ2n) is 8.44. The normalized spacial score (nSPS) is 46.6. The summed E-state index contributed by atoms with van der Waals surface area (Å²) < 4.78 is 1.83. The summed E-state index contributed by atoms with van der Waals surface area (Å²) in [4.78, 5) is 24.0. The number of nitrogens with two attached hydrogens (primary N) is 3. The van der Waals surface area contributed by atoms with Gasteiger partial charge in [-0.05, 0) is 30.5 Å². The smallest absolute Gasteiger partial charge is 0.272 e. The lowest BCUT2D eigenvalue weighted by Crippen LogP contribution is -2.74. The Labute approximate surface area is 170 Å². The van der Waals surface area contributed by atoms with Gasteiger partial charge in [0.2, 0.25) is 0 Å². The standard InChI is InChI=1S/C17H22ClN9O2/c18-10-6(4-19)7-5-27-11(28)8-2-1-3-26(8)12-17(27,25-14(20)22-12)9(7)16(10)13(29)23-15(21)24-16/h1-3,6-7,9-10,12-13,29H,4-5,19H2,(H3,20,22,25)(H3,21,23,24)/t6-,7+,9+,10?,12+,13+,16+,17?/m0/s1. The zero-order chi connectivity index (χ0) is 20.3. The molecule has 4 aliphatic heterocycles. The molecule has 9 N–H and O–H groups in total. The Morgan fingerprint density at radius 3 is 2.76 bits per heavy atom. The van der Waals surface area contributed by atoms with Crippen LogP contribution in [-0.2, 0) is 0 Å². The number of nitrogens with one attached hydrogen (secondary N) is 2.